The van der Waals surface area contributed by atoms with Gasteiger partial charge < -0.3 is 10.6 Å². The van der Waals surface area contributed by atoms with Crippen molar-refractivity contribution in [1.82, 2.24) is 15.0 Å². The van der Waals surface area contributed by atoms with Crippen molar-refractivity contribution in [1.29, 1.82) is 0 Å². The van der Waals surface area contributed by atoms with Crippen LogP contribution >= 0.6 is 11.6 Å². The third-order valence-corrected chi connectivity index (χ3v) is 3.87. The maximum absolute atomic E-state index is 6.04. The van der Waals surface area contributed by atoms with Gasteiger partial charge >= 0.3 is 0 Å². The van der Waals surface area contributed by atoms with Crippen molar-refractivity contribution in [3.8, 4) is 0 Å². The smallest absolute Gasteiger partial charge is 0.225 e. The molecule has 0 unspecified atom stereocenters. The van der Waals surface area contributed by atoms with Gasteiger partial charge in [0.15, 0.2) is 0 Å². The van der Waals surface area contributed by atoms with Gasteiger partial charge in [-0.15, -0.1) is 0 Å². The molecular formula is C18H18ClN5. The van der Waals surface area contributed by atoms with Crippen LogP contribution in [0.2, 0.25) is 5.02 Å². The zero-order chi connectivity index (χ0) is 16.9. The number of benzene rings is 1. The highest BCUT2D eigenvalue weighted by atomic mass is 35.5. The van der Waals surface area contributed by atoms with Gasteiger partial charge in [0.25, 0.3) is 0 Å². The summed E-state index contributed by atoms with van der Waals surface area (Å²) in [4.78, 5) is 13.3. The molecule has 0 saturated carbocycles. The van der Waals surface area contributed by atoms with Crippen molar-refractivity contribution in [2.75, 3.05) is 10.6 Å². The van der Waals surface area contributed by atoms with Gasteiger partial charge in [-0.1, -0.05) is 23.7 Å². The number of pyridine rings is 1. The minimum atomic E-state index is 0.563. The third-order valence-electron chi connectivity index (χ3n) is 3.63. The molecule has 0 radical (unpaired) electrons. The van der Waals surface area contributed by atoms with E-state index in [2.05, 4.69) is 25.6 Å². The zero-order valence-electron chi connectivity index (χ0n) is 13.5. The summed E-state index contributed by atoms with van der Waals surface area (Å²) in [5.74, 6) is 1.32. The van der Waals surface area contributed by atoms with E-state index < -0.39 is 0 Å². The van der Waals surface area contributed by atoms with Crippen LogP contribution in [-0.2, 0) is 6.54 Å². The molecule has 5 nitrogen and oxygen atoms in total. The topological polar surface area (TPSA) is 62.7 Å². The molecule has 3 aromatic rings. The highest BCUT2D eigenvalue weighted by Gasteiger charge is 2.09. The molecule has 0 spiro atoms. The second-order valence-corrected chi connectivity index (χ2v) is 5.85. The summed E-state index contributed by atoms with van der Waals surface area (Å²) < 4.78 is 0. The first-order chi connectivity index (χ1) is 11.6. The number of anilines is 3. The average Bonchev–Trinajstić information content (AvgIpc) is 2.58. The predicted octanol–water partition coefficient (Wildman–Crippen LogP) is 4.50. The molecule has 2 heterocycles. The number of hydrogen-bond acceptors (Lipinski definition) is 5. The predicted molar refractivity (Wildman–Crippen MR) is 97.8 cm³/mol. The molecule has 24 heavy (non-hydrogen) atoms. The lowest BCUT2D eigenvalue weighted by molar-refractivity contribution is 0.982. The van der Waals surface area contributed by atoms with Crippen LogP contribution in [0.15, 0.2) is 48.7 Å². The van der Waals surface area contributed by atoms with Crippen molar-refractivity contribution < 1.29 is 0 Å². The Kier molecular flexibility index (Phi) is 4.91. The van der Waals surface area contributed by atoms with Crippen molar-refractivity contribution >= 4 is 29.1 Å². The number of aromatic nitrogens is 3. The Morgan fingerprint density at radius 1 is 1.04 bits per heavy atom. The molecular weight excluding hydrogens is 322 g/mol. The minimum absolute atomic E-state index is 0.563. The lowest BCUT2D eigenvalue weighted by atomic mass is 10.2. The van der Waals surface area contributed by atoms with E-state index in [1.54, 1.807) is 6.20 Å². The molecule has 0 saturated heterocycles. The van der Waals surface area contributed by atoms with E-state index in [1.165, 1.54) is 0 Å². The van der Waals surface area contributed by atoms with E-state index in [0.29, 0.717) is 17.5 Å². The standard InChI is InChI=1S/C18H18ClN5/c1-12-13(2)22-18(21-11-16-7-3-4-9-20-16)24-17(12)23-15-8-5-6-14(19)10-15/h3-10H,11H2,1-2H3,(H2,21,22,23,24). The van der Waals surface area contributed by atoms with E-state index in [-0.39, 0.29) is 0 Å². The summed E-state index contributed by atoms with van der Waals surface area (Å²) >= 11 is 6.04. The van der Waals surface area contributed by atoms with E-state index in [1.807, 2.05) is 56.3 Å². The van der Waals surface area contributed by atoms with Gasteiger partial charge in [-0.05, 0) is 44.2 Å². The maximum atomic E-state index is 6.04. The van der Waals surface area contributed by atoms with Gasteiger partial charge in [-0.3, -0.25) is 4.98 Å². The summed E-state index contributed by atoms with van der Waals surface area (Å²) in [7, 11) is 0. The van der Waals surface area contributed by atoms with Crippen LogP contribution in [0.4, 0.5) is 17.5 Å². The molecule has 0 bridgehead atoms. The number of halogens is 1. The Balaban J connectivity index is 1.80. The monoisotopic (exact) mass is 339 g/mol. The molecule has 0 fully saturated rings. The number of aryl methyl sites for hydroxylation is 1. The van der Waals surface area contributed by atoms with Crippen molar-refractivity contribution in [3.63, 3.8) is 0 Å². The SMILES string of the molecule is Cc1nc(NCc2ccccn2)nc(Nc2cccc(Cl)c2)c1C. The van der Waals surface area contributed by atoms with Crippen LogP contribution in [0.3, 0.4) is 0 Å². The molecule has 1 aromatic carbocycles. The van der Waals surface area contributed by atoms with Crippen LogP contribution in [0, 0.1) is 13.8 Å². The largest absolute Gasteiger partial charge is 0.349 e. The van der Waals surface area contributed by atoms with Crippen LogP contribution < -0.4 is 10.6 Å². The van der Waals surface area contributed by atoms with Crippen LogP contribution in [0.25, 0.3) is 0 Å². The number of nitrogens with zero attached hydrogens (tertiary/aromatic N) is 3. The highest BCUT2D eigenvalue weighted by molar-refractivity contribution is 6.30. The maximum Gasteiger partial charge on any atom is 0.225 e. The fourth-order valence-electron chi connectivity index (χ4n) is 2.20. The second kappa shape index (κ2) is 7.27. The number of rotatable bonds is 5. The van der Waals surface area contributed by atoms with E-state index in [0.717, 1.165) is 28.5 Å². The van der Waals surface area contributed by atoms with Crippen molar-refractivity contribution in [2.24, 2.45) is 0 Å². The summed E-state index contributed by atoms with van der Waals surface area (Å²) in [5.41, 5.74) is 3.74. The molecule has 3 rings (SSSR count). The average molecular weight is 340 g/mol. The lowest BCUT2D eigenvalue weighted by Gasteiger charge is -2.13. The normalized spacial score (nSPS) is 10.5. The van der Waals surface area contributed by atoms with E-state index in [4.69, 9.17) is 11.6 Å². The Morgan fingerprint density at radius 2 is 1.92 bits per heavy atom. The summed E-state index contributed by atoms with van der Waals surface area (Å²) in [6, 6.07) is 13.3. The zero-order valence-corrected chi connectivity index (χ0v) is 14.3. The third kappa shape index (κ3) is 4.00. The molecule has 0 aliphatic heterocycles. The Morgan fingerprint density at radius 3 is 2.67 bits per heavy atom. The summed E-state index contributed by atoms with van der Waals surface area (Å²) in [5, 5.41) is 7.19. The summed E-state index contributed by atoms with van der Waals surface area (Å²) in [6.45, 7) is 4.52. The first kappa shape index (κ1) is 16.2. The first-order valence-corrected chi connectivity index (χ1v) is 8.01. The molecule has 2 aromatic heterocycles. The van der Waals surface area contributed by atoms with Gasteiger partial charge in [-0.2, -0.15) is 4.98 Å². The van der Waals surface area contributed by atoms with Gasteiger partial charge in [0.05, 0.1) is 12.2 Å². The molecule has 0 aliphatic rings. The fourth-order valence-corrected chi connectivity index (χ4v) is 2.40. The van der Waals surface area contributed by atoms with Gasteiger partial charge in [-0.25, -0.2) is 4.98 Å². The van der Waals surface area contributed by atoms with Crippen LogP contribution in [-0.4, -0.2) is 15.0 Å². The van der Waals surface area contributed by atoms with Gasteiger partial charge in [0.1, 0.15) is 5.82 Å². The van der Waals surface area contributed by atoms with Gasteiger partial charge in [0, 0.05) is 28.2 Å². The molecule has 0 atom stereocenters. The Labute approximate surface area is 146 Å². The quantitative estimate of drug-likeness (QED) is 0.716. The number of nitrogens with one attached hydrogen (secondary N) is 2. The fraction of sp³-hybridized carbons (Fsp3) is 0.167. The van der Waals surface area contributed by atoms with Crippen molar-refractivity contribution in [3.05, 3.63) is 70.6 Å². The van der Waals surface area contributed by atoms with Crippen LogP contribution in [0.5, 0.6) is 0 Å². The molecule has 0 aliphatic carbocycles. The molecule has 122 valence electrons. The molecule has 6 heteroatoms. The number of hydrogen-bond donors (Lipinski definition) is 2. The molecule has 0 amide bonds. The van der Waals surface area contributed by atoms with E-state index in [9.17, 15) is 0 Å². The second-order valence-electron chi connectivity index (χ2n) is 5.42. The van der Waals surface area contributed by atoms with Crippen molar-refractivity contribution in [2.45, 2.75) is 20.4 Å². The Hall–Kier alpha value is -2.66. The first-order valence-electron chi connectivity index (χ1n) is 7.63. The van der Waals surface area contributed by atoms with Crippen LogP contribution in [0.1, 0.15) is 17.0 Å². The Bertz CT molecular complexity index is 836. The molecule has 2 N–H and O–H groups in total. The minimum Gasteiger partial charge on any atom is -0.349 e. The lowest BCUT2D eigenvalue weighted by Crippen LogP contribution is -2.09. The van der Waals surface area contributed by atoms with E-state index >= 15 is 0 Å². The van der Waals surface area contributed by atoms with Gasteiger partial charge in [0.2, 0.25) is 5.95 Å². The highest BCUT2D eigenvalue weighted by Crippen LogP contribution is 2.23. The summed E-state index contributed by atoms with van der Waals surface area (Å²) in [6.07, 6.45) is 1.77.